The van der Waals surface area contributed by atoms with E-state index in [9.17, 15) is 0 Å². The first kappa shape index (κ1) is 13.5. The van der Waals surface area contributed by atoms with E-state index < -0.39 is 0 Å². The van der Waals surface area contributed by atoms with E-state index in [1.165, 1.54) is 18.4 Å². The third-order valence-corrected chi connectivity index (χ3v) is 3.67. The number of rotatable bonds is 4. The fourth-order valence-corrected chi connectivity index (χ4v) is 2.77. The number of halogens is 1. The third-order valence-electron chi connectivity index (χ3n) is 3.32. The number of aromatic nitrogens is 2. The molecule has 100 valence electrons. The monoisotopic (exact) mass is 268 g/mol. The standard InChI is InChI=1S/C14H21ClN2O/c1-3-8-17-14(13(18-2)10-16-17)11-6-4-5-7-12(15)9-11/h9-10,12H,3-8H2,1-2H3. The predicted molar refractivity (Wildman–Crippen MR) is 75.2 cm³/mol. The van der Waals surface area contributed by atoms with Gasteiger partial charge in [0.25, 0.3) is 0 Å². The molecule has 0 saturated heterocycles. The first-order chi connectivity index (χ1) is 8.76. The van der Waals surface area contributed by atoms with E-state index in [2.05, 4.69) is 18.1 Å². The van der Waals surface area contributed by atoms with Crippen LogP contribution in [0.1, 0.15) is 44.7 Å². The van der Waals surface area contributed by atoms with Gasteiger partial charge in [0.15, 0.2) is 5.75 Å². The Balaban J connectivity index is 2.37. The number of hydrogen-bond donors (Lipinski definition) is 0. The Hall–Kier alpha value is -0.960. The van der Waals surface area contributed by atoms with Crippen LogP contribution >= 0.6 is 11.6 Å². The van der Waals surface area contributed by atoms with Gasteiger partial charge < -0.3 is 4.74 Å². The molecule has 4 heteroatoms. The van der Waals surface area contributed by atoms with E-state index in [0.29, 0.717) is 0 Å². The van der Waals surface area contributed by atoms with E-state index in [0.717, 1.165) is 37.3 Å². The molecule has 1 unspecified atom stereocenters. The molecule has 1 aliphatic rings. The van der Waals surface area contributed by atoms with Crippen molar-refractivity contribution in [3.8, 4) is 5.75 Å². The van der Waals surface area contributed by atoms with Gasteiger partial charge in [-0.15, -0.1) is 11.6 Å². The van der Waals surface area contributed by atoms with Gasteiger partial charge in [-0.3, -0.25) is 4.68 Å². The van der Waals surface area contributed by atoms with Crippen LogP contribution in [0.4, 0.5) is 0 Å². The minimum absolute atomic E-state index is 0.136. The fourth-order valence-electron chi connectivity index (χ4n) is 2.46. The molecule has 1 aromatic rings. The molecule has 0 aromatic carbocycles. The van der Waals surface area contributed by atoms with Crippen LogP contribution in [0.5, 0.6) is 5.75 Å². The zero-order valence-electron chi connectivity index (χ0n) is 11.2. The summed E-state index contributed by atoms with van der Waals surface area (Å²) in [5, 5.41) is 4.55. The summed E-state index contributed by atoms with van der Waals surface area (Å²) >= 11 is 6.31. The molecule has 0 saturated carbocycles. The Labute approximate surface area is 114 Å². The lowest BCUT2D eigenvalue weighted by Crippen LogP contribution is -2.05. The SMILES string of the molecule is CCCn1ncc(OC)c1C1=CC(Cl)CCCC1. The lowest BCUT2D eigenvalue weighted by Gasteiger charge is -2.11. The first-order valence-corrected chi connectivity index (χ1v) is 7.14. The largest absolute Gasteiger partial charge is 0.493 e. The molecular weight excluding hydrogens is 248 g/mol. The van der Waals surface area contributed by atoms with Gasteiger partial charge in [0, 0.05) is 6.54 Å². The smallest absolute Gasteiger partial charge is 0.164 e. The highest BCUT2D eigenvalue weighted by molar-refractivity contribution is 6.22. The van der Waals surface area contributed by atoms with Gasteiger partial charge in [-0.2, -0.15) is 5.10 Å². The number of nitrogens with zero attached hydrogens (tertiary/aromatic N) is 2. The quantitative estimate of drug-likeness (QED) is 0.775. The molecule has 2 rings (SSSR count). The Morgan fingerprint density at radius 1 is 1.50 bits per heavy atom. The summed E-state index contributed by atoms with van der Waals surface area (Å²) in [6, 6.07) is 0. The summed E-state index contributed by atoms with van der Waals surface area (Å²) in [7, 11) is 1.70. The first-order valence-electron chi connectivity index (χ1n) is 6.71. The maximum atomic E-state index is 6.31. The summed E-state index contributed by atoms with van der Waals surface area (Å²) < 4.78 is 7.48. The molecule has 0 amide bonds. The van der Waals surface area contributed by atoms with E-state index in [-0.39, 0.29) is 5.38 Å². The molecule has 18 heavy (non-hydrogen) atoms. The molecule has 0 aliphatic heterocycles. The van der Waals surface area contributed by atoms with Crippen LogP contribution in [0.15, 0.2) is 12.3 Å². The molecule has 0 radical (unpaired) electrons. The van der Waals surface area contributed by atoms with Crippen molar-refractivity contribution >= 4 is 17.2 Å². The number of aryl methyl sites for hydroxylation is 1. The maximum absolute atomic E-state index is 6.31. The molecule has 0 fully saturated rings. The number of allylic oxidation sites excluding steroid dienone is 2. The van der Waals surface area contributed by atoms with Gasteiger partial charge in [0.2, 0.25) is 0 Å². The highest BCUT2D eigenvalue weighted by Gasteiger charge is 2.18. The molecule has 1 aromatic heterocycles. The van der Waals surface area contributed by atoms with Crippen molar-refractivity contribution in [3.63, 3.8) is 0 Å². The Kier molecular flexibility index (Phi) is 4.70. The van der Waals surface area contributed by atoms with Gasteiger partial charge in [-0.1, -0.05) is 19.4 Å². The second-order valence-corrected chi connectivity index (χ2v) is 5.30. The van der Waals surface area contributed by atoms with Gasteiger partial charge >= 0.3 is 0 Å². The van der Waals surface area contributed by atoms with E-state index in [1.54, 1.807) is 13.3 Å². The third kappa shape index (κ3) is 2.89. The summed E-state index contributed by atoms with van der Waals surface area (Å²) in [5.74, 6) is 0.862. The summed E-state index contributed by atoms with van der Waals surface area (Å²) in [6.07, 6.45) is 9.56. The van der Waals surface area contributed by atoms with Crippen molar-refractivity contribution in [2.75, 3.05) is 7.11 Å². The number of hydrogen-bond acceptors (Lipinski definition) is 2. The maximum Gasteiger partial charge on any atom is 0.164 e. The van der Waals surface area contributed by atoms with Gasteiger partial charge in [0.1, 0.15) is 5.69 Å². The van der Waals surface area contributed by atoms with Crippen molar-refractivity contribution in [3.05, 3.63) is 18.0 Å². The minimum atomic E-state index is 0.136. The molecule has 3 nitrogen and oxygen atoms in total. The van der Waals surface area contributed by atoms with Crippen molar-refractivity contribution in [2.45, 2.75) is 50.9 Å². The van der Waals surface area contributed by atoms with E-state index in [1.807, 2.05) is 4.68 Å². The fraction of sp³-hybridized carbons (Fsp3) is 0.643. The molecule has 0 bridgehead atoms. The Bertz CT molecular complexity index is 425. The number of methoxy groups -OCH3 is 1. The lowest BCUT2D eigenvalue weighted by atomic mass is 10.1. The van der Waals surface area contributed by atoms with E-state index in [4.69, 9.17) is 16.3 Å². The van der Waals surface area contributed by atoms with Crippen LogP contribution in [-0.4, -0.2) is 22.3 Å². The summed E-state index contributed by atoms with van der Waals surface area (Å²) in [6.45, 7) is 3.08. The van der Waals surface area contributed by atoms with Crippen molar-refractivity contribution < 1.29 is 4.74 Å². The van der Waals surface area contributed by atoms with Crippen LogP contribution in [0.3, 0.4) is 0 Å². The summed E-state index contributed by atoms with van der Waals surface area (Å²) in [4.78, 5) is 0. The van der Waals surface area contributed by atoms with Crippen molar-refractivity contribution in [1.82, 2.24) is 9.78 Å². The summed E-state index contributed by atoms with van der Waals surface area (Å²) in [5.41, 5.74) is 2.40. The zero-order valence-corrected chi connectivity index (χ0v) is 11.9. The Morgan fingerprint density at radius 2 is 2.33 bits per heavy atom. The zero-order chi connectivity index (χ0) is 13.0. The molecule has 1 aliphatic carbocycles. The van der Waals surface area contributed by atoms with E-state index >= 15 is 0 Å². The van der Waals surface area contributed by atoms with Gasteiger partial charge in [0.05, 0.1) is 18.7 Å². The topological polar surface area (TPSA) is 27.1 Å². The van der Waals surface area contributed by atoms with Gasteiger partial charge in [-0.25, -0.2) is 0 Å². The number of alkyl halides is 1. The second kappa shape index (κ2) is 6.28. The second-order valence-electron chi connectivity index (χ2n) is 4.74. The van der Waals surface area contributed by atoms with Crippen LogP contribution < -0.4 is 4.74 Å². The van der Waals surface area contributed by atoms with Crippen LogP contribution in [-0.2, 0) is 6.54 Å². The lowest BCUT2D eigenvalue weighted by molar-refractivity contribution is 0.411. The average molecular weight is 269 g/mol. The predicted octanol–water partition coefficient (Wildman–Crippen LogP) is 3.87. The van der Waals surface area contributed by atoms with Crippen molar-refractivity contribution in [2.24, 2.45) is 0 Å². The normalized spacial score (nSPS) is 20.4. The molecule has 0 N–H and O–H groups in total. The van der Waals surface area contributed by atoms with Gasteiger partial charge in [-0.05, 0) is 31.3 Å². The number of ether oxygens (including phenoxy) is 1. The molecule has 0 spiro atoms. The van der Waals surface area contributed by atoms with Crippen LogP contribution in [0.2, 0.25) is 0 Å². The molecular formula is C14H21ClN2O. The molecule has 1 atom stereocenters. The minimum Gasteiger partial charge on any atom is -0.493 e. The van der Waals surface area contributed by atoms with Crippen molar-refractivity contribution in [1.29, 1.82) is 0 Å². The molecule has 1 heterocycles. The highest BCUT2D eigenvalue weighted by Crippen LogP contribution is 2.33. The van der Waals surface area contributed by atoms with Crippen LogP contribution in [0, 0.1) is 0 Å². The van der Waals surface area contributed by atoms with Crippen LogP contribution in [0.25, 0.3) is 5.57 Å². The Morgan fingerprint density at radius 3 is 3.06 bits per heavy atom. The highest BCUT2D eigenvalue weighted by atomic mass is 35.5. The average Bonchev–Trinajstić information content (AvgIpc) is 2.64.